The smallest absolute Gasteiger partial charge is 0.414 e. The monoisotopic (exact) mass is 243 g/mol. The summed E-state index contributed by atoms with van der Waals surface area (Å²) in [5, 5.41) is 0.872. The lowest BCUT2D eigenvalue weighted by Crippen LogP contribution is -2.37. The SMILES string of the molecule is Nc1ccc(N2CCCOC2=O)c2cccnc12. The van der Waals surface area contributed by atoms with Gasteiger partial charge in [-0.2, -0.15) is 0 Å². The zero-order valence-electron chi connectivity index (χ0n) is 9.80. The number of hydrogen-bond donors (Lipinski definition) is 1. The Kier molecular flexibility index (Phi) is 2.51. The van der Waals surface area contributed by atoms with Gasteiger partial charge in [-0.05, 0) is 30.7 Å². The largest absolute Gasteiger partial charge is 0.449 e. The number of nitrogen functional groups attached to an aromatic ring is 1. The number of anilines is 2. The van der Waals surface area contributed by atoms with Gasteiger partial charge in [-0.25, -0.2) is 4.79 Å². The van der Waals surface area contributed by atoms with Crippen molar-refractivity contribution in [3.05, 3.63) is 30.5 Å². The Bertz CT molecular complexity index is 612. The van der Waals surface area contributed by atoms with Crippen LogP contribution in [0.15, 0.2) is 30.5 Å². The third kappa shape index (κ3) is 1.64. The molecule has 5 nitrogen and oxygen atoms in total. The van der Waals surface area contributed by atoms with E-state index in [0.29, 0.717) is 24.4 Å². The first-order valence-corrected chi connectivity index (χ1v) is 5.85. The zero-order chi connectivity index (χ0) is 12.5. The number of amides is 1. The predicted octanol–water partition coefficient (Wildman–Crippen LogP) is 2.16. The Morgan fingerprint density at radius 2 is 2.22 bits per heavy atom. The molecule has 1 aliphatic heterocycles. The summed E-state index contributed by atoms with van der Waals surface area (Å²) in [6.45, 7) is 1.15. The summed E-state index contributed by atoms with van der Waals surface area (Å²) in [7, 11) is 0. The summed E-state index contributed by atoms with van der Waals surface area (Å²) in [6, 6.07) is 7.36. The Morgan fingerprint density at radius 3 is 3.06 bits per heavy atom. The van der Waals surface area contributed by atoms with Crippen LogP contribution in [-0.4, -0.2) is 24.2 Å². The van der Waals surface area contributed by atoms with Crippen LogP contribution in [0.25, 0.3) is 10.9 Å². The third-order valence-electron chi connectivity index (χ3n) is 3.04. The second kappa shape index (κ2) is 4.18. The molecule has 5 heteroatoms. The standard InChI is InChI=1S/C13H13N3O2/c14-10-4-5-11(9-3-1-6-15-12(9)10)16-7-2-8-18-13(16)17/h1,3-6H,2,7-8,14H2. The molecule has 0 atom stereocenters. The van der Waals surface area contributed by atoms with Crippen LogP contribution in [0, 0.1) is 0 Å². The highest BCUT2D eigenvalue weighted by Gasteiger charge is 2.23. The molecule has 1 aromatic carbocycles. The first-order valence-electron chi connectivity index (χ1n) is 5.85. The van der Waals surface area contributed by atoms with Gasteiger partial charge < -0.3 is 10.5 Å². The van der Waals surface area contributed by atoms with Crippen molar-refractivity contribution >= 4 is 28.4 Å². The summed E-state index contributed by atoms with van der Waals surface area (Å²) in [5.41, 5.74) is 8.02. The number of ether oxygens (including phenoxy) is 1. The van der Waals surface area contributed by atoms with Gasteiger partial charge >= 0.3 is 6.09 Å². The lowest BCUT2D eigenvalue weighted by molar-refractivity contribution is 0.140. The van der Waals surface area contributed by atoms with Crippen LogP contribution in [0.5, 0.6) is 0 Å². The van der Waals surface area contributed by atoms with Crippen LogP contribution in [0.1, 0.15) is 6.42 Å². The van der Waals surface area contributed by atoms with Gasteiger partial charge in [-0.1, -0.05) is 0 Å². The molecule has 1 saturated heterocycles. The number of carbonyl (C=O) groups excluding carboxylic acids is 1. The highest BCUT2D eigenvalue weighted by Crippen LogP contribution is 2.30. The number of rotatable bonds is 1. The molecule has 3 rings (SSSR count). The van der Waals surface area contributed by atoms with Gasteiger partial charge in [0.25, 0.3) is 0 Å². The molecule has 92 valence electrons. The van der Waals surface area contributed by atoms with Crippen LogP contribution >= 0.6 is 0 Å². The highest BCUT2D eigenvalue weighted by atomic mass is 16.6. The van der Waals surface area contributed by atoms with Gasteiger partial charge in [-0.15, -0.1) is 0 Å². The van der Waals surface area contributed by atoms with E-state index in [-0.39, 0.29) is 6.09 Å². The number of hydrogen-bond acceptors (Lipinski definition) is 4. The maximum Gasteiger partial charge on any atom is 0.414 e. The fourth-order valence-electron chi connectivity index (χ4n) is 2.18. The normalized spacial score (nSPS) is 15.8. The molecule has 1 amide bonds. The fourth-order valence-corrected chi connectivity index (χ4v) is 2.18. The number of cyclic esters (lactones) is 1. The average Bonchev–Trinajstić information content (AvgIpc) is 2.41. The number of fused-ring (bicyclic) bond motifs is 1. The molecule has 1 aliphatic rings. The van der Waals surface area contributed by atoms with Gasteiger partial charge in [0.05, 0.1) is 23.5 Å². The lowest BCUT2D eigenvalue weighted by Gasteiger charge is -2.27. The molecule has 2 aromatic rings. The molecule has 0 bridgehead atoms. The van der Waals surface area contributed by atoms with Gasteiger partial charge in [0.1, 0.15) is 0 Å². The molecular formula is C13H13N3O2. The number of nitrogens with zero attached hydrogens (tertiary/aromatic N) is 2. The molecule has 0 aliphatic carbocycles. The van der Waals surface area contributed by atoms with Crippen molar-refractivity contribution in [3.8, 4) is 0 Å². The number of pyridine rings is 1. The molecule has 18 heavy (non-hydrogen) atoms. The molecule has 0 spiro atoms. The van der Waals surface area contributed by atoms with E-state index in [2.05, 4.69) is 4.98 Å². The summed E-state index contributed by atoms with van der Waals surface area (Å²) in [4.78, 5) is 17.7. The number of carbonyl (C=O) groups is 1. The minimum Gasteiger partial charge on any atom is -0.449 e. The Morgan fingerprint density at radius 1 is 1.33 bits per heavy atom. The number of benzene rings is 1. The molecule has 0 unspecified atom stereocenters. The van der Waals surface area contributed by atoms with Crippen molar-refractivity contribution in [2.24, 2.45) is 0 Å². The van der Waals surface area contributed by atoms with Crippen molar-refractivity contribution in [2.75, 3.05) is 23.8 Å². The second-order valence-electron chi connectivity index (χ2n) is 4.19. The van der Waals surface area contributed by atoms with E-state index in [1.807, 2.05) is 18.2 Å². The average molecular weight is 243 g/mol. The van der Waals surface area contributed by atoms with Gasteiger partial charge in [-0.3, -0.25) is 9.88 Å². The van der Waals surface area contributed by atoms with Crippen molar-refractivity contribution in [1.29, 1.82) is 0 Å². The Balaban J connectivity index is 2.17. The van der Waals surface area contributed by atoms with E-state index in [4.69, 9.17) is 10.5 Å². The molecule has 0 saturated carbocycles. The van der Waals surface area contributed by atoms with Crippen molar-refractivity contribution in [3.63, 3.8) is 0 Å². The number of aromatic nitrogens is 1. The minimum absolute atomic E-state index is 0.309. The van der Waals surface area contributed by atoms with Gasteiger partial charge in [0.2, 0.25) is 0 Å². The van der Waals surface area contributed by atoms with E-state index in [1.54, 1.807) is 17.2 Å². The van der Waals surface area contributed by atoms with E-state index < -0.39 is 0 Å². The van der Waals surface area contributed by atoms with E-state index >= 15 is 0 Å². The number of nitrogens with two attached hydrogens (primary N) is 1. The molecule has 0 radical (unpaired) electrons. The van der Waals surface area contributed by atoms with E-state index in [1.165, 1.54) is 0 Å². The van der Waals surface area contributed by atoms with E-state index in [9.17, 15) is 4.79 Å². The van der Waals surface area contributed by atoms with E-state index in [0.717, 1.165) is 17.5 Å². The van der Waals surface area contributed by atoms with Crippen LogP contribution in [-0.2, 0) is 4.74 Å². The predicted molar refractivity (Wildman–Crippen MR) is 69.5 cm³/mol. The Hall–Kier alpha value is -2.30. The summed E-state index contributed by atoms with van der Waals surface area (Å²) in [6.07, 6.45) is 2.21. The van der Waals surface area contributed by atoms with Crippen molar-refractivity contribution < 1.29 is 9.53 Å². The summed E-state index contributed by atoms with van der Waals surface area (Å²) in [5.74, 6) is 0. The molecule has 2 N–H and O–H groups in total. The van der Waals surface area contributed by atoms with Crippen molar-refractivity contribution in [2.45, 2.75) is 6.42 Å². The maximum absolute atomic E-state index is 11.8. The maximum atomic E-state index is 11.8. The fraction of sp³-hybridized carbons (Fsp3) is 0.231. The van der Waals surface area contributed by atoms with Crippen molar-refractivity contribution in [1.82, 2.24) is 4.98 Å². The topological polar surface area (TPSA) is 68.4 Å². The van der Waals surface area contributed by atoms with Gasteiger partial charge in [0.15, 0.2) is 0 Å². The molecule has 1 fully saturated rings. The van der Waals surface area contributed by atoms with Gasteiger partial charge in [0, 0.05) is 18.1 Å². The summed E-state index contributed by atoms with van der Waals surface area (Å²) >= 11 is 0. The molecule has 1 aromatic heterocycles. The zero-order valence-corrected chi connectivity index (χ0v) is 9.80. The first kappa shape index (κ1) is 10.8. The van der Waals surface area contributed by atoms with Crippen LogP contribution in [0.4, 0.5) is 16.2 Å². The quantitative estimate of drug-likeness (QED) is 0.779. The molecule has 2 heterocycles. The third-order valence-corrected chi connectivity index (χ3v) is 3.04. The molecular weight excluding hydrogens is 230 g/mol. The first-order chi connectivity index (χ1) is 8.77. The lowest BCUT2D eigenvalue weighted by atomic mass is 10.1. The summed E-state index contributed by atoms with van der Waals surface area (Å²) < 4.78 is 5.06. The van der Waals surface area contributed by atoms with Crippen LogP contribution in [0.2, 0.25) is 0 Å². The van der Waals surface area contributed by atoms with Crippen LogP contribution < -0.4 is 10.6 Å². The Labute approximate surface area is 104 Å². The minimum atomic E-state index is -0.309. The second-order valence-corrected chi connectivity index (χ2v) is 4.19. The highest BCUT2D eigenvalue weighted by molar-refractivity contribution is 6.04. The van der Waals surface area contributed by atoms with Crippen LogP contribution in [0.3, 0.4) is 0 Å².